The van der Waals surface area contributed by atoms with E-state index in [0.717, 1.165) is 63.3 Å². The van der Waals surface area contributed by atoms with Crippen LogP contribution in [-0.2, 0) is 11.2 Å². The maximum absolute atomic E-state index is 12.6. The maximum Gasteiger partial charge on any atom is 0.226 e. The van der Waals surface area contributed by atoms with E-state index in [1.54, 1.807) is 0 Å². The number of halogens is 1. The van der Waals surface area contributed by atoms with Crippen molar-refractivity contribution in [1.82, 2.24) is 20.4 Å². The van der Waals surface area contributed by atoms with Gasteiger partial charge in [0.25, 0.3) is 0 Å². The van der Waals surface area contributed by atoms with Crippen LogP contribution in [0.15, 0.2) is 48.0 Å². The second kappa shape index (κ2) is 9.89. The van der Waals surface area contributed by atoms with E-state index >= 15 is 0 Å². The highest BCUT2D eigenvalue weighted by Crippen LogP contribution is 2.28. The van der Waals surface area contributed by atoms with Gasteiger partial charge in [-0.25, -0.2) is 0 Å². The van der Waals surface area contributed by atoms with Crippen LogP contribution < -0.4 is 5.32 Å². The fourth-order valence-corrected chi connectivity index (χ4v) is 4.06. The third kappa shape index (κ3) is 5.24. The first-order valence-corrected chi connectivity index (χ1v) is 10.0. The summed E-state index contributed by atoms with van der Waals surface area (Å²) in [6.45, 7) is 3.58. The van der Waals surface area contributed by atoms with Crippen molar-refractivity contribution in [2.75, 3.05) is 26.2 Å². The van der Waals surface area contributed by atoms with E-state index in [4.69, 9.17) is 0 Å². The molecule has 150 valence electrons. The van der Waals surface area contributed by atoms with Gasteiger partial charge in [0.2, 0.25) is 5.91 Å². The number of rotatable bonds is 5. The number of carbonyl (C=O) groups is 1. The predicted molar refractivity (Wildman–Crippen MR) is 114 cm³/mol. The molecule has 2 N–H and O–H groups in total. The number of aromatic amines is 1. The normalized spacial score (nSPS) is 17.7. The number of hydrogen-bond acceptors (Lipinski definition) is 3. The van der Waals surface area contributed by atoms with E-state index in [0.29, 0.717) is 12.3 Å². The van der Waals surface area contributed by atoms with E-state index in [2.05, 4.69) is 51.9 Å². The van der Waals surface area contributed by atoms with Crippen molar-refractivity contribution < 1.29 is 4.79 Å². The highest BCUT2D eigenvalue weighted by molar-refractivity contribution is 5.85. The number of H-pyrrole nitrogens is 1. The number of amides is 1. The van der Waals surface area contributed by atoms with Crippen LogP contribution in [0.25, 0.3) is 0 Å². The van der Waals surface area contributed by atoms with Gasteiger partial charge in [-0.15, -0.1) is 12.4 Å². The summed E-state index contributed by atoms with van der Waals surface area (Å²) in [5, 5.41) is 11.0. The molecule has 5 nitrogen and oxygen atoms in total. The number of benzene rings is 1. The van der Waals surface area contributed by atoms with Crippen molar-refractivity contribution in [2.45, 2.75) is 38.0 Å². The Balaban J connectivity index is 0.00000225. The average Bonchev–Trinajstić information content (AvgIpc) is 3.18. The zero-order valence-corrected chi connectivity index (χ0v) is 17.0. The molecule has 6 heteroatoms. The Hall–Kier alpha value is -2.11. The fourth-order valence-electron chi connectivity index (χ4n) is 4.06. The van der Waals surface area contributed by atoms with Crippen LogP contribution in [0, 0.1) is 0 Å². The molecule has 2 aromatic rings. The Bertz CT molecular complexity index is 794. The van der Waals surface area contributed by atoms with Gasteiger partial charge in [-0.3, -0.25) is 9.89 Å². The number of likely N-dealkylation sites (tertiary alicyclic amines) is 1. The summed E-state index contributed by atoms with van der Waals surface area (Å²) in [5.74, 6) is 0.737. The van der Waals surface area contributed by atoms with Crippen LogP contribution in [0.2, 0.25) is 0 Å². The zero-order chi connectivity index (χ0) is 18.5. The van der Waals surface area contributed by atoms with Crippen LogP contribution in [0.3, 0.4) is 0 Å². The number of hydrogen-bond donors (Lipinski definition) is 2. The molecule has 1 amide bonds. The first-order valence-electron chi connectivity index (χ1n) is 10.0. The Morgan fingerprint density at radius 2 is 1.96 bits per heavy atom. The molecule has 0 bridgehead atoms. The number of aromatic nitrogens is 2. The standard InChI is InChI=1S/C22H28N4O.ClH/c27-22(15-18-6-10-23-11-7-18)26-12-8-19(9-13-26)21-16-20(24-25-21)14-17-4-2-1-3-5-17;/h1-6,16,19,23H,7-15H2,(H,24,25);1H. The van der Waals surface area contributed by atoms with Crippen molar-refractivity contribution in [1.29, 1.82) is 0 Å². The second-order valence-electron chi connectivity index (χ2n) is 7.63. The Labute approximate surface area is 173 Å². The molecule has 0 unspecified atom stereocenters. The van der Waals surface area contributed by atoms with E-state index in [1.807, 2.05) is 11.0 Å². The zero-order valence-electron chi connectivity index (χ0n) is 16.2. The second-order valence-corrected chi connectivity index (χ2v) is 7.63. The average molecular weight is 401 g/mol. The van der Waals surface area contributed by atoms with Gasteiger partial charge >= 0.3 is 0 Å². The highest BCUT2D eigenvalue weighted by Gasteiger charge is 2.25. The third-order valence-electron chi connectivity index (χ3n) is 5.69. The Kier molecular flexibility index (Phi) is 7.29. The lowest BCUT2D eigenvalue weighted by atomic mass is 9.92. The van der Waals surface area contributed by atoms with Gasteiger partial charge in [0.05, 0.1) is 5.69 Å². The number of nitrogens with one attached hydrogen (secondary N) is 2. The van der Waals surface area contributed by atoms with Gasteiger partial charge in [-0.05, 0) is 37.4 Å². The molecule has 0 saturated carbocycles. The van der Waals surface area contributed by atoms with Crippen LogP contribution >= 0.6 is 12.4 Å². The van der Waals surface area contributed by atoms with Gasteiger partial charge in [0.1, 0.15) is 0 Å². The van der Waals surface area contributed by atoms with Crippen molar-refractivity contribution in [2.24, 2.45) is 0 Å². The summed E-state index contributed by atoms with van der Waals surface area (Å²) in [5.41, 5.74) is 4.89. The van der Waals surface area contributed by atoms with E-state index < -0.39 is 0 Å². The number of nitrogens with zero attached hydrogens (tertiary/aromatic N) is 2. The number of piperidine rings is 1. The molecular formula is C22H29ClN4O. The fraction of sp³-hybridized carbons (Fsp3) is 0.455. The Morgan fingerprint density at radius 3 is 2.68 bits per heavy atom. The minimum Gasteiger partial charge on any atom is -0.342 e. The lowest BCUT2D eigenvalue weighted by Crippen LogP contribution is -2.38. The van der Waals surface area contributed by atoms with Crippen LogP contribution in [-0.4, -0.2) is 47.2 Å². The maximum atomic E-state index is 12.6. The predicted octanol–water partition coefficient (Wildman–Crippen LogP) is 3.44. The summed E-state index contributed by atoms with van der Waals surface area (Å²) in [6, 6.07) is 12.7. The Morgan fingerprint density at radius 1 is 1.18 bits per heavy atom. The monoisotopic (exact) mass is 400 g/mol. The molecule has 0 aliphatic carbocycles. The SMILES string of the molecule is Cl.O=C(CC1=CCNCC1)N1CCC(c2cc(Cc3ccccc3)[nH]n2)CC1. The van der Waals surface area contributed by atoms with E-state index in [1.165, 1.54) is 11.1 Å². The van der Waals surface area contributed by atoms with Crippen molar-refractivity contribution in [3.05, 3.63) is 65.0 Å². The number of carbonyl (C=O) groups excluding carboxylic acids is 1. The highest BCUT2D eigenvalue weighted by atomic mass is 35.5. The first kappa shape index (κ1) is 20.6. The molecule has 28 heavy (non-hydrogen) atoms. The van der Waals surface area contributed by atoms with E-state index in [9.17, 15) is 4.79 Å². The van der Waals surface area contributed by atoms with Gasteiger partial charge < -0.3 is 10.2 Å². The molecule has 4 rings (SSSR count). The largest absolute Gasteiger partial charge is 0.342 e. The summed E-state index contributed by atoms with van der Waals surface area (Å²) < 4.78 is 0. The lowest BCUT2D eigenvalue weighted by molar-refractivity contribution is -0.131. The van der Waals surface area contributed by atoms with Crippen LogP contribution in [0.5, 0.6) is 0 Å². The molecule has 3 heterocycles. The minimum absolute atomic E-state index is 0. The first-order chi connectivity index (χ1) is 13.3. The van der Waals surface area contributed by atoms with Gasteiger partial charge in [0.15, 0.2) is 0 Å². The van der Waals surface area contributed by atoms with Crippen molar-refractivity contribution in [3.8, 4) is 0 Å². The van der Waals surface area contributed by atoms with Gasteiger partial charge in [-0.2, -0.15) is 5.10 Å². The quantitative estimate of drug-likeness (QED) is 0.756. The smallest absolute Gasteiger partial charge is 0.226 e. The molecule has 1 aromatic heterocycles. The molecule has 2 aliphatic heterocycles. The molecule has 0 spiro atoms. The van der Waals surface area contributed by atoms with Crippen LogP contribution in [0.4, 0.5) is 0 Å². The summed E-state index contributed by atoms with van der Waals surface area (Å²) >= 11 is 0. The molecule has 2 aliphatic rings. The molecular weight excluding hydrogens is 372 g/mol. The van der Waals surface area contributed by atoms with E-state index in [-0.39, 0.29) is 18.3 Å². The minimum atomic E-state index is 0. The van der Waals surface area contributed by atoms with Crippen molar-refractivity contribution in [3.63, 3.8) is 0 Å². The lowest BCUT2D eigenvalue weighted by Gasteiger charge is -2.31. The molecule has 0 radical (unpaired) electrons. The topological polar surface area (TPSA) is 61.0 Å². The summed E-state index contributed by atoms with van der Waals surface area (Å²) in [6.07, 6.45) is 6.65. The van der Waals surface area contributed by atoms with Crippen molar-refractivity contribution >= 4 is 18.3 Å². The molecule has 1 fully saturated rings. The van der Waals surface area contributed by atoms with Gasteiger partial charge in [0, 0.05) is 44.1 Å². The third-order valence-corrected chi connectivity index (χ3v) is 5.69. The van der Waals surface area contributed by atoms with Gasteiger partial charge in [-0.1, -0.05) is 42.0 Å². The molecule has 1 aromatic carbocycles. The molecule has 0 atom stereocenters. The molecule has 1 saturated heterocycles. The van der Waals surface area contributed by atoms with Crippen LogP contribution in [0.1, 0.15) is 48.6 Å². The summed E-state index contributed by atoms with van der Waals surface area (Å²) in [7, 11) is 0. The summed E-state index contributed by atoms with van der Waals surface area (Å²) in [4.78, 5) is 14.6.